The molecule has 0 aromatic carbocycles. The molecule has 0 fully saturated rings. The minimum atomic E-state index is -0.792. The summed E-state index contributed by atoms with van der Waals surface area (Å²) in [5.41, 5.74) is 0.315. The highest BCUT2D eigenvalue weighted by Crippen LogP contribution is 2.24. The zero-order valence-corrected chi connectivity index (χ0v) is 12.3. The van der Waals surface area contributed by atoms with Crippen molar-refractivity contribution in [1.82, 2.24) is 0 Å². The maximum absolute atomic E-state index is 12.0. The van der Waals surface area contributed by atoms with Crippen LogP contribution in [0.25, 0.3) is 0 Å². The van der Waals surface area contributed by atoms with E-state index in [9.17, 15) is 14.4 Å². The van der Waals surface area contributed by atoms with E-state index in [-0.39, 0.29) is 17.9 Å². The Hall–Kier alpha value is -2.43. The molecule has 0 atom stereocenters. The Kier molecular flexibility index (Phi) is 6.33. The molecule has 0 aromatic rings. The molecule has 0 saturated heterocycles. The minimum Gasteiger partial charge on any atom is -0.462 e. The quantitative estimate of drug-likeness (QED) is 0.256. The van der Waals surface area contributed by atoms with Crippen molar-refractivity contribution in [2.75, 3.05) is 6.61 Å². The first-order valence-electron chi connectivity index (χ1n) is 6.60. The molecule has 0 heterocycles. The summed E-state index contributed by atoms with van der Waals surface area (Å²) >= 11 is 0. The lowest BCUT2D eigenvalue weighted by Gasteiger charge is -2.14. The average molecular weight is 290 g/mol. The second kappa shape index (κ2) is 7.99. The molecule has 0 N–H and O–H groups in total. The van der Waals surface area contributed by atoms with Gasteiger partial charge in [0, 0.05) is 6.92 Å². The SMILES string of the molecule is CCOC(=O)/C(C(C)=O)=C(/OC(C)=O)C1=CC=CC=CC1. The van der Waals surface area contributed by atoms with E-state index < -0.39 is 17.7 Å². The number of Topliss-reactive ketones (excluding diaryl/α,β-unsaturated/α-hetero) is 1. The third-order valence-corrected chi connectivity index (χ3v) is 2.59. The van der Waals surface area contributed by atoms with E-state index >= 15 is 0 Å². The topological polar surface area (TPSA) is 69.7 Å². The summed E-state index contributed by atoms with van der Waals surface area (Å²) in [5.74, 6) is -1.95. The Morgan fingerprint density at radius 2 is 1.86 bits per heavy atom. The van der Waals surface area contributed by atoms with Crippen LogP contribution in [0.5, 0.6) is 0 Å². The summed E-state index contributed by atoms with van der Waals surface area (Å²) in [5, 5.41) is 0. The van der Waals surface area contributed by atoms with Crippen LogP contribution in [0.2, 0.25) is 0 Å². The summed E-state index contributed by atoms with van der Waals surface area (Å²) in [6.07, 6.45) is 9.34. The van der Waals surface area contributed by atoms with E-state index in [1.807, 2.05) is 12.2 Å². The highest BCUT2D eigenvalue weighted by atomic mass is 16.5. The summed E-state index contributed by atoms with van der Waals surface area (Å²) in [6, 6.07) is 0. The van der Waals surface area contributed by atoms with Gasteiger partial charge < -0.3 is 9.47 Å². The van der Waals surface area contributed by atoms with Crippen molar-refractivity contribution < 1.29 is 23.9 Å². The molecular weight excluding hydrogens is 272 g/mol. The Morgan fingerprint density at radius 1 is 1.14 bits per heavy atom. The average Bonchev–Trinajstić information content (AvgIpc) is 2.66. The van der Waals surface area contributed by atoms with E-state index in [1.165, 1.54) is 13.8 Å². The van der Waals surface area contributed by atoms with Gasteiger partial charge in [0.2, 0.25) is 0 Å². The van der Waals surface area contributed by atoms with E-state index in [0.29, 0.717) is 12.0 Å². The van der Waals surface area contributed by atoms with Gasteiger partial charge >= 0.3 is 11.9 Å². The Morgan fingerprint density at radius 3 is 2.43 bits per heavy atom. The number of carbonyl (C=O) groups is 3. The molecule has 0 aliphatic heterocycles. The molecule has 112 valence electrons. The van der Waals surface area contributed by atoms with Crippen LogP contribution >= 0.6 is 0 Å². The largest absolute Gasteiger partial charge is 0.462 e. The minimum absolute atomic E-state index is 0.0374. The number of rotatable bonds is 5. The van der Waals surface area contributed by atoms with Crippen molar-refractivity contribution in [2.45, 2.75) is 27.2 Å². The van der Waals surface area contributed by atoms with Gasteiger partial charge in [-0.15, -0.1) is 0 Å². The van der Waals surface area contributed by atoms with Crippen molar-refractivity contribution in [3.63, 3.8) is 0 Å². The number of hydrogen-bond donors (Lipinski definition) is 0. The van der Waals surface area contributed by atoms with Crippen molar-refractivity contribution >= 4 is 17.7 Å². The van der Waals surface area contributed by atoms with Crippen molar-refractivity contribution in [1.29, 1.82) is 0 Å². The first kappa shape index (κ1) is 16.6. The van der Waals surface area contributed by atoms with E-state index in [2.05, 4.69) is 0 Å². The molecule has 21 heavy (non-hydrogen) atoms. The molecule has 5 nitrogen and oxygen atoms in total. The molecule has 0 spiro atoms. The van der Waals surface area contributed by atoms with Gasteiger partial charge in [0.05, 0.1) is 6.61 Å². The van der Waals surface area contributed by atoms with E-state index in [1.54, 1.807) is 25.2 Å². The molecular formula is C16H18O5. The van der Waals surface area contributed by atoms with E-state index in [0.717, 1.165) is 0 Å². The summed E-state index contributed by atoms with van der Waals surface area (Å²) in [7, 11) is 0. The maximum Gasteiger partial charge on any atom is 0.345 e. The molecule has 0 saturated carbocycles. The Bertz CT molecular complexity index is 561. The first-order valence-corrected chi connectivity index (χ1v) is 6.60. The van der Waals surface area contributed by atoms with Crippen LogP contribution in [0, 0.1) is 0 Å². The second-order valence-electron chi connectivity index (χ2n) is 4.28. The van der Waals surface area contributed by atoms with Gasteiger partial charge in [0.15, 0.2) is 11.5 Å². The number of hydrogen-bond acceptors (Lipinski definition) is 5. The van der Waals surface area contributed by atoms with Gasteiger partial charge in [0.25, 0.3) is 0 Å². The Labute approximate surface area is 123 Å². The van der Waals surface area contributed by atoms with Crippen LogP contribution in [0.15, 0.2) is 47.3 Å². The van der Waals surface area contributed by atoms with Crippen LogP contribution in [0.3, 0.4) is 0 Å². The molecule has 0 aromatic heterocycles. The van der Waals surface area contributed by atoms with E-state index in [4.69, 9.17) is 9.47 Å². The molecule has 0 bridgehead atoms. The Balaban J connectivity index is 3.39. The fraction of sp³-hybridized carbons (Fsp3) is 0.312. The summed E-state index contributed by atoms with van der Waals surface area (Å²) < 4.78 is 10.00. The van der Waals surface area contributed by atoms with Crippen molar-refractivity contribution in [3.8, 4) is 0 Å². The molecule has 1 aliphatic rings. The van der Waals surface area contributed by atoms with Gasteiger partial charge in [-0.05, 0) is 25.8 Å². The van der Waals surface area contributed by atoms with Crippen LogP contribution in [-0.2, 0) is 23.9 Å². The monoisotopic (exact) mass is 290 g/mol. The fourth-order valence-electron chi connectivity index (χ4n) is 1.77. The van der Waals surface area contributed by atoms with Gasteiger partial charge in [0.1, 0.15) is 5.57 Å². The zero-order valence-electron chi connectivity index (χ0n) is 12.3. The molecule has 1 rings (SSSR count). The third kappa shape index (κ3) is 4.87. The molecule has 0 amide bonds. The number of allylic oxidation sites excluding steroid dienone is 6. The van der Waals surface area contributed by atoms with Crippen LogP contribution in [0.4, 0.5) is 0 Å². The predicted octanol–water partition coefficient (Wildman–Crippen LogP) is 2.40. The third-order valence-electron chi connectivity index (χ3n) is 2.59. The summed E-state index contributed by atoms with van der Waals surface area (Å²) in [4.78, 5) is 35.1. The van der Waals surface area contributed by atoms with Gasteiger partial charge in [-0.25, -0.2) is 4.79 Å². The fourth-order valence-corrected chi connectivity index (χ4v) is 1.77. The molecule has 1 aliphatic carbocycles. The number of ether oxygens (including phenoxy) is 2. The lowest BCUT2D eigenvalue weighted by molar-refractivity contribution is -0.140. The molecule has 0 radical (unpaired) electrons. The predicted molar refractivity (Wildman–Crippen MR) is 77.1 cm³/mol. The zero-order chi connectivity index (χ0) is 15.8. The highest BCUT2D eigenvalue weighted by molar-refractivity contribution is 6.17. The molecule has 5 heteroatoms. The normalized spacial score (nSPS) is 14.7. The van der Waals surface area contributed by atoms with Gasteiger partial charge in [-0.3, -0.25) is 9.59 Å². The van der Waals surface area contributed by atoms with Crippen molar-refractivity contribution in [3.05, 3.63) is 47.3 Å². The van der Waals surface area contributed by atoms with Crippen LogP contribution in [-0.4, -0.2) is 24.3 Å². The summed E-state index contributed by atoms with van der Waals surface area (Å²) in [6.45, 7) is 4.21. The lowest BCUT2D eigenvalue weighted by Crippen LogP contribution is -2.19. The van der Waals surface area contributed by atoms with Crippen molar-refractivity contribution in [2.24, 2.45) is 0 Å². The maximum atomic E-state index is 12.0. The number of esters is 2. The lowest BCUT2D eigenvalue weighted by atomic mass is 10.0. The number of ketones is 1. The smallest absolute Gasteiger partial charge is 0.345 e. The van der Waals surface area contributed by atoms with Gasteiger partial charge in [-0.2, -0.15) is 0 Å². The van der Waals surface area contributed by atoms with Crippen LogP contribution in [0.1, 0.15) is 27.2 Å². The van der Waals surface area contributed by atoms with Crippen LogP contribution < -0.4 is 0 Å². The second-order valence-corrected chi connectivity index (χ2v) is 4.28. The first-order chi connectivity index (χ1) is 9.97. The molecule has 0 unspecified atom stereocenters. The standard InChI is InChI=1S/C16H18O5/c1-4-20-16(19)14(11(2)17)15(21-12(3)18)13-9-7-5-6-8-10-13/h5-9H,4,10H2,1-3H3/b15-14+. The van der Waals surface area contributed by atoms with Gasteiger partial charge in [-0.1, -0.05) is 30.4 Å². The number of carbonyl (C=O) groups excluding carboxylic acids is 3. The highest BCUT2D eigenvalue weighted by Gasteiger charge is 2.26.